The van der Waals surface area contributed by atoms with Crippen LogP contribution in [0.1, 0.15) is 32.1 Å². The summed E-state index contributed by atoms with van der Waals surface area (Å²) in [7, 11) is 3.33. The molecular weight excluding hydrogens is 256 g/mol. The summed E-state index contributed by atoms with van der Waals surface area (Å²) in [6.07, 6.45) is 5.41. The van der Waals surface area contributed by atoms with E-state index in [1.54, 1.807) is 14.2 Å². The average Bonchev–Trinajstić information content (AvgIpc) is 2.47. The van der Waals surface area contributed by atoms with Crippen molar-refractivity contribution in [2.45, 2.75) is 32.1 Å². The van der Waals surface area contributed by atoms with E-state index in [4.69, 9.17) is 15.2 Å². The number of rotatable bonds is 9. The predicted molar refractivity (Wildman–Crippen MR) is 79.5 cm³/mol. The number of carbonyl (C=O) groups excluding carboxylic acids is 1. The standard InChI is InChI=1S/C15H30N2O3/c1-19-10-8-17(9-11-20-2)15(18)14-5-3-4-13(12-14)6-7-16/h13-14H,3-12,16H2,1-2H3. The lowest BCUT2D eigenvalue weighted by Gasteiger charge is -2.32. The zero-order chi connectivity index (χ0) is 14.8. The van der Waals surface area contributed by atoms with Crippen LogP contribution in [0.4, 0.5) is 0 Å². The van der Waals surface area contributed by atoms with Gasteiger partial charge in [0.2, 0.25) is 5.91 Å². The highest BCUT2D eigenvalue weighted by Gasteiger charge is 2.29. The van der Waals surface area contributed by atoms with Gasteiger partial charge in [-0.05, 0) is 31.7 Å². The Hall–Kier alpha value is -0.650. The summed E-state index contributed by atoms with van der Waals surface area (Å²) in [4.78, 5) is 14.5. The highest BCUT2D eigenvalue weighted by molar-refractivity contribution is 5.79. The van der Waals surface area contributed by atoms with Gasteiger partial charge in [0, 0.05) is 33.2 Å². The molecule has 0 bridgehead atoms. The maximum absolute atomic E-state index is 12.6. The number of nitrogens with two attached hydrogens (primary N) is 1. The van der Waals surface area contributed by atoms with Crippen LogP contribution in [0.25, 0.3) is 0 Å². The summed E-state index contributed by atoms with van der Waals surface area (Å²) >= 11 is 0. The van der Waals surface area contributed by atoms with Crippen LogP contribution in [0.15, 0.2) is 0 Å². The van der Waals surface area contributed by atoms with Gasteiger partial charge in [0.1, 0.15) is 0 Å². The molecule has 0 aromatic heterocycles. The van der Waals surface area contributed by atoms with Crippen molar-refractivity contribution in [3.8, 4) is 0 Å². The molecule has 1 amide bonds. The minimum Gasteiger partial charge on any atom is -0.383 e. The fraction of sp³-hybridized carbons (Fsp3) is 0.933. The number of amides is 1. The van der Waals surface area contributed by atoms with E-state index in [0.717, 1.165) is 32.2 Å². The molecule has 0 aromatic rings. The zero-order valence-corrected chi connectivity index (χ0v) is 13.0. The number of hydrogen-bond donors (Lipinski definition) is 1. The summed E-state index contributed by atoms with van der Waals surface area (Å²) < 4.78 is 10.2. The van der Waals surface area contributed by atoms with Crippen LogP contribution in [-0.4, -0.2) is 57.9 Å². The molecule has 2 N–H and O–H groups in total. The number of nitrogens with zero attached hydrogens (tertiary/aromatic N) is 1. The number of carbonyl (C=O) groups is 1. The number of ether oxygens (including phenoxy) is 2. The lowest BCUT2D eigenvalue weighted by atomic mass is 9.79. The SMILES string of the molecule is COCCN(CCOC)C(=O)C1CCCC(CCN)C1. The Labute approximate surface area is 122 Å². The van der Waals surface area contributed by atoms with Crippen molar-refractivity contribution in [3.05, 3.63) is 0 Å². The first-order chi connectivity index (χ1) is 9.72. The van der Waals surface area contributed by atoms with Crippen LogP contribution in [-0.2, 0) is 14.3 Å². The molecule has 0 heterocycles. The maximum Gasteiger partial charge on any atom is 0.225 e. The molecule has 2 atom stereocenters. The molecule has 5 heteroatoms. The van der Waals surface area contributed by atoms with E-state index < -0.39 is 0 Å². The van der Waals surface area contributed by atoms with Crippen LogP contribution >= 0.6 is 0 Å². The second-order valence-corrected chi connectivity index (χ2v) is 5.62. The molecule has 0 spiro atoms. The first-order valence-electron chi connectivity index (χ1n) is 7.69. The fourth-order valence-corrected chi connectivity index (χ4v) is 3.01. The van der Waals surface area contributed by atoms with E-state index >= 15 is 0 Å². The fourth-order valence-electron chi connectivity index (χ4n) is 3.01. The molecule has 0 aromatic carbocycles. The van der Waals surface area contributed by atoms with Gasteiger partial charge in [-0.3, -0.25) is 4.79 Å². The summed E-state index contributed by atoms with van der Waals surface area (Å²) in [5.74, 6) is 1.05. The Morgan fingerprint density at radius 3 is 2.40 bits per heavy atom. The van der Waals surface area contributed by atoms with Gasteiger partial charge in [0.25, 0.3) is 0 Å². The molecular formula is C15H30N2O3. The van der Waals surface area contributed by atoms with Gasteiger partial charge in [-0.1, -0.05) is 12.8 Å². The van der Waals surface area contributed by atoms with Crippen molar-refractivity contribution in [2.24, 2.45) is 17.6 Å². The lowest BCUT2D eigenvalue weighted by Crippen LogP contribution is -2.41. The largest absolute Gasteiger partial charge is 0.383 e. The molecule has 118 valence electrons. The molecule has 1 aliphatic rings. The summed E-state index contributed by atoms with van der Waals surface area (Å²) in [6.45, 7) is 3.18. The van der Waals surface area contributed by atoms with E-state index in [1.807, 2.05) is 4.90 Å². The Kier molecular flexibility index (Phi) is 8.82. The Morgan fingerprint density at radius 2 is 1.85 bits per heavy atom. The van der Waals surface area contributed by atoms with E-state index in [0.29, 0.717) is 32.2 Å². The Morgan fingerprint density at radius 1 is 1.20 bits per heavy atom. The molecule has 1 saturated carbocycles. The zero-order valence-electron chi connectivity index (χ0n) is 13.0. The first-order valence-corrected chi connectivity index (χ1v) is 7.69. The summed E-state index contributed by atoms with van der Waals surface area (Å²) in [6, 6.07) is 0. The normalized spacial score (nSPS) is 22.8. The molecule has 2 unspecified atom stereocenters. The Balaban J connectivity index is 2.52. The summed E-state index contributed by atoms with van der Waals surface area (Å²) in [5.41, 5.74) is 5.64. The monoisotopic (exact) mass is 286 g/mol. The molecule has 0 radical (unpaired) electrons. The highest BCUT2D eigenvalue weighted by atomic mass is 16.5. The van der Waals surface area contributed by atoms with E-state index in [1.165, 1.54) is 6.42 Å². The quantitative estimate of drug-likeness (QED) is 0.693. The third-order valence-electron chi connectivity index (χ3n) is 4.15. The molecule has 1 fully saturated rings. The van der Waals surface area contributed by atoms with Gasteiger partial charge in [-0.25, -0.2) is 0 Å². The second kappa shape index (κ2) is 10.1. The minimum absolute atomic E-state index is 0.161. The first kappa shape index (κ1) is 17.4. The molecule has 0 aliphatic heterocycles. The van der Waals surface area contributed by atoms with Gasteiger partial charge < -0.3 is 20.1 Å². The van der Waals surface area contributed by atoms with Crippen LogP contribution in [0.3, 0.4) is 0 Å². The smallest absolute Gasteiger partial charge is 0.225 e. The number of methoxy groups -OCH3 is 2. The predicted octanol–water partition coefficient (Wildman–Crippen LogP) is 1.26. The minimum atomic E-state index is 0.161. The highest BCUT2D eigenvalue weighted by Crippen LogP contribution is 2.32. The van der Waals surface area contributed by atoms with Crippen molar-refractivity contribution in [1.82, 2.24) is 4.90 Å². The molecule has 20 heavy (non-hydrogen) atoms. The van der Waals surface area contributed by atoms with Crippen LogP contribution in [0.5, 0.6) is 0 Å². The second-order valence-electron chi connectivity index (χ2n) is 5.62. The van der Waals surface area contributed by atoms with Gasteiger partial charge in [0.15, 0.2) is 0 Å². The summed E-state index contributed by atoms with van der Waals surface area (Å²) in [5, 5.41) is 0. The van der Waals surface area contributed by atoms with Crippen LogP contribution in [0, 0.1) is 11.8 Å². The average molecular weight is 286 g/mol. The third-order valence-corrected chi connectivity index (χ3v) is 4.15. The Bertz CT molecular complexity index is 264. The van der Waals surface area contributed by atoms with Crippen molar-refractivity contribution >= 4 is 5.91 Å². The van der Waals surface area contributed by atoms with Crippen LogP contribution < -0.4 is 5.73 Å². The van der Waals surface area contributed by atoms with E-state index in [-0.39, 0.29) is 11.8 Å². The topological polar surface area (TPSA) is 64.8 Å². The van der Waals surface area contributed by atoms with Crippen LogP contribution in [0.2, 0.25) is 0 Å². The number of hydrogen-bond acceptors (Lipinski definition) is 4. The third kappa shape index (κ3) is 5.77. The molecule has 1 rings (SSSR count). The van der Waals surface area contributed by atoms with Gasteiger partial charge in [0.05, 0.1) is 13.2 Å². The van der Waals surface area contributed by atoms with Gasteiger partial charge >= 0.3 is 0 Å². The van der Waals surface area contributed by atoms with Crippen molar-refractivity contribution in [2.75, 3.05) is 47.1 Å². The van der Waals surface area contributed by atoms with Crippen molar-refractivity contribution in [1.29, 1.82) is 0 Å². The molecule has 1 aliphatic carbocycles. The van der Waals surface area contributed by atoms with E-state index in [2.05, 4.69) is 0 Å². The van der Waals surface area contributed by atoms with Gasteiger partial charge in [-0.15, -0.1) is 0 Å². The van der Waals surface area contributed by atoms with Crippen molar-refractivity contribution < 1.29 is 14.3 Å². The maximum atomic E-state index is 12.6. The lowest BCUT2D eigenvalue weighted by molar-refractivity contribution is -0.138. The van der Waals surface area contributed by atoms with Crippen molar-refractivity contribution in [3.63, 3.8) is 0 Å². The molecule has 0 saturated heterocycles. The molecule has 5 nitrogen and oxygen atoms in total. The van der Waals surface area contributed by atoms with E-state index in [9.17, 15) is 4.79 Å². The van der Waals surface area contributed by atoms with Gasteiger partial charge in [-0.2, -0.15) is 0 Å².